The standard InChI is InChI=1S/C75H124O6/c1-4-7-10-13-16-19-22-25-28-31-33-34-35-36-37-38-39-40-42-44-47-50-53-56-59-62-65-68-74(77)80-71-72(70-79-73(76)67-64-61-58-55-52-49-46-43-30-27-24-21-18-15-12-9-6-3)81-75(78)69-66-63-60-57-54-51-48-45-41-32-29-26-23-20-17-14-11-8-5-2/h7,9-10,12,16,18-19,21,25-30,33-34,36-37,39-40,46,49,72H,4-6,8,11,13-15,17,20,22-24,31-32,35,38,41-45,47-48,50-71H2,1-3H3/b10-7-,12-9-,19-16-,21-18-,28-25-,29-26-,30-27-,34-33-,37-36-,40-39-,49-46-. The summed E-state index contributed by atoms with van der Waals surface area (Å²) in [6.45, 7) is 6.40. The molecule has 6 nitrogen and oxygen atoms in total. The lowest BCUT2D eigenvalue weighted by Gasteiger charge is -2.18. The van der Waals surface area contributed by atoms with Gasteiger partial charge in [-0.05, 0) is 135 Å². The molecule has 0 rings (SSSR count). The van der Waals surface area contributed by atoms with Crippen molar-refractivity contribution in [2.75, 3.05) is 13.2 Å². The molecule has 0 fully saturated rings. The van der Waals surface area contributed by atoms with Crippen molar-refractivity contribution in [3.05, 3.63) is 134 Å². The average molecular weight is 1120 g/mol. The summed E-state index contributed by atoms with van der Waals surface area (Å²) in [6, 6.07) is 0. The van der Waals surface area contributed by atoms with Crippen LogP contribution in [-0.4, -0.2) is 37.2 Å². The lowest BCUT2D eigenvalue weighted by atomic mass is 10.1. The highest BCUT2D eigenvalue weighted by molar-refractivity contribution is 5.71. The van der Waals surface area contributed by atoms with Gasteiger partial charge in [-0.25, -0.2) is 0 Å². The van der Waals surface area contributed by atoms with E-state index in [1.54, 1.807) is 0 Å². The Kier molecular flexibility index (Phi) is 64.3. The minimum Gasteiger partial charge on any atom is -0.462 e. The molecule has 0 heterocycles. The molecule has 1 atom stereocenters. The molecule has 0 aromatic rings. The van der Waals surface area contributed by atoms with Crippen LogP contribution in [-0.2, 0) is 28.6 Å². The van der Waals surface area contributed by atoms with Gasteiger partial charge in [0.25, 0.3) is 0 Å². The summed E-state index contributed by atoms with van der Waals surface area (Å²) in [5.41, 5.74) is 0. The van der Waals surface area contributed by atoms with Gasteiger partial charge in [-0.3, -0.25) is 14.4 Å². The first kappa shape index (κ1) is 76.5. The number of esters is 3. The fourth-order valence-corrected chi connectivity index (χ4v) is 9.14. The summed E-state index contributed by atoms with van der Waals surface area (Å²) in [6.07, 6.45) is 96.0. The Morgan fingerprint density at radius 1 is 0.259 bits per heavy atom. The van der Waals surface area contributed by atoms with Crippen molar-refractivity contribution in [3.63, 3.8) is 0 Å². The maximum atomic E-state index is 12.9. The van der Waals surface area contributed by atoms with Crippen LogP contribution in [0, 0.1) is 0 Å². The number of rotatable bonds is 60. The summed E-state index contributed by atoms with van der Waals surface area (Å²) >= 11 is 0. The van der Waals surface area contributed by atoms with E-state index in [-0.39, 0.29) is 31.1 Å². The number of hydrogen-bond acceptors (Lipinski definition) is 6. The van der Waals surface area contributed by atoms with Crippen molar-refractivity contribution in [2.45, 2.75) is 309 Å². The maximum Gasteiger partial charge on any atom is 0.306 e. The van der Waals surface area contributed by atoms with E-state index in [4.69, 9.17) is 14.2 Å². The molecule has 0 bridgehead atoms. The second kappa shape index (κ2) is 68.1. The summed E-state index contributed by atoms with van der Waals surface area (Å²) in [5, 5.41) is 0. The molecule has 0 N–H and O–H groups in total. The van der Waals surface area contributed by atoms with Gasteiger partial charge >= 0.3 is 17.9 Å². The van der Waals surface area contributed by atoms with E-state index in [1.807, 2.05) is 0 Å². The number of carbonyl (C=O) groups is 3. The van der Waals surface area contributed by atoms with Crippen LogP contribution in [0.15, 0.2) is 134 Å². The maximum absolute atomic E-state index is 12.9. The quantitative estimate of drug-likeness (QED) is 0.0261. The molecule has 0 aliphatic heterocycles. The van der Waals surface area contributed by atoms with Crippen molar-refractivity contribution in [2.24, 2.45) is 0 Å². The number of unbranched alkanes of at least 4 members (excludes halogenated alkanes) is 27. The van der Waals surface area contributed by atoms with E-state index >= 15 is 0 Å². The molecule has 0 saturated heterocycles. The molecule has 0 radical (unpaired) electrons. The van der Waals surface area contributed by atoms with E-state index < -0.39 is 6.10 Å². The first-order valence-electron chi connectivity index (χ1n) is 33.7. The summed E-state index contributed by atoms with van der Waals surface area (Å²) in [7, 11) is 0. The molecule has 1 unspecified atom stereocenters. The number of carbonyl (C=O) groups excluding carboxylic acids is 3. The molecule has 0 aliphatic carbocycles. The van der Waals surface area contributed by atoms with Crippen molar-refractivity contribution >= 4 is 17.9 Å². The van der Waals surface area contributed by atoms with Crippen LogP contribution in [0.1, 0.15) is 303 Å². The second-order valence-electron chi connectivity index (χ2n) is 22.0. The SMILES string of the molecule is CC/C=C\C/C=C\C/C=C\C/C=C\C/C=C\C/C=C\CCCCCCCCCCC(=O)OCC(COC(=O)CCCCCC/C=C\C/C=C\C/C=C\C/C=C\CC)OC(=O)CCCCCCCCCCC/C=C\CCCCCCCC. The first-order valence-corrected chi connectivity index (χ1v) is 33.7. The summed E-state index contributed by atoms with van der Waals surface area (Å²) < 4.78 is 16.9. The van der Waals surface area contributed by atoms with Crippen LogP contribution in [0.25, 0.3) is 0 Å². The molecule has 81 heavy (non-hydrogen) atoms. The normalized spacial score (nSPS) is 13.0. The Hall–Kier alpha value is -4.45. The molecule has 460 valence electrons. The Morgan fingerprint density at radius 2 is 0.481 bits per heavy atom. The van der Waals surface area contributed by atoms with Gasteiger partial charge in [-0.15, -0.1) is 0 Å². The predicted octanol–water partition coefficient (Wildman–Crippen LogP) is 23.3. The fourth-order valence-electron chi connectivity index (χ4n) is 9.14. The van der Waals surface area contributed by atoms with Crippen LogP contribution in [0.3, 0.4) is 0 Å². The van der Waals surface area contributed by atoms with E-state index in [2.05, 4.69) is 154 Å². The summed E-state index contributed by atoms with van der Waals surface area (Å²) in [5.74, 6) is -0.922. The van der Waals surface area contributed by atoms with Crippen LogP contribution < -0.4 is 0 Å². The topological polar surface area (TPSA) is 78.9 Å². The Balaban J connectivity index is 4.42. The number of hydrogen-bond donors (Lipinski definition) is 0. The highest BCUT2D eigenvalue weighted by Crippen LogP contribution is 2.16. The van der Waals surface area contributed by atoms with Crippen LogP contribution in [0.4, 0.5) is 0 Å². The predicted molar refractivity (Wildman–Crippen MR) is 353 cm³/mol. The zero-order valence-corrected chi connectivity index (χ0v) is 52.8. The Labute approximate surface area is 500 Å². The molecule has 0 aliphatic rings. The highest BCUT2D eigenvalue weighted by Gasteiger charge is 2.19. The fraction of sp³-hybridized carbons (Fsp3) is 0.667. The average Bonchev–Trinajstić information content (AvgIpc) is 3.47. The van der Waals surface area contributed by atoms with Gasteiger partial charge in [0.2, 0.25) is 0 Å². The lowest BCUT2D eigenvalue weighted by Crippen LogP contribution is -2.30. The molecule has 0 spiro atoms. The third kappa shape index (κ3) is 66.2. The molecule has 6 heteroatoms. The van der Waals surface area contributed by atoms with E-state index in [1.165, 1.54) is 122 Å². The molecular weight excluding hydrogens is 997 g/mol. The van der Waals surface area contributed by atoms with Crippen molar-refractivity contribution < 1.29 is 28.6 Å². The van der Waals surface area contributed by atoms with Crippen molar-refractivity contribution in [1.82, 2.24) is 0 Å². The van der Waals surface area contributed by atoms with Gasteiger partial charge in [-0.1, -0.05) is 283 Å². The largest absolute Gasteiger partial charge is 0.462 e. The lowest BCUT2D eigenvalue weighted by molar-refractivity contribution is -0.167. The number of ether oxygens (including phenoxy) is 3. The second-order valence-corrected chi connectivity index (χ2v) is 22.0. The van der Waals surface area contributed by atoms with Gasteiger partial charge in [0.15, 0.2) is 6.10 Å². The van der Waals surface area contributed by atoms with Gasteiger partial charge < -0.3 is 14.2 Å². The summed E-state index contributed by atoms with van der Waals surface area (Å²) in [4.78, 5) is 38.4. The van der Waals surface area contributed by atoms with E-state index in [0.717, 1.165) is 141 Å². The van der Waals surface area contributed by atoms with Gasteiger partial charge in [0.1, 0.15) is 13.2 Å². The van der Waals surface area contributed by atoms with E-state index in [9.17, 15) is 14.4 Å². The third-order valence-electron chi connectivity index (χ3n) is 14.1. The van der Waals surface area contributed by atoms with Crippen molar-refractivity contribution in [3.8, 4) is 0 Å². The molecule has 0 aromatic carbocycles. The minimum absolute atomic E-state index is 0.0940. The molecule has 0 aromatic heterocycles. The van der Waals surface area contributed by atoms with E-state index in [0.29, 0.717) is 19.3 Å². The highest BCUT2D eigenvalue weighted by atomic mass is 16.6. The third-order valence-corrected chi connectivity index (χ3v) is 14.1. The molecular formula is C75H124O6. The number of allylic oxidation sites excluding steroid dienone is 22. The Morgan fingerprint density at radius 3 is 0.765 bits per heavy atom. The molecule has 0 amide bonds. The van der Waals surface area contributed by atoms with Gasteiger partial charge in [0, 0.05) is 19.3 Å². The van der Waals surface area contributed by atoms with Crippen LogP contribution in [0.2, 0.25) is 0 Å². The van der Waals surface area contributed by atoms with Gasteiger partial charge in [-0.2, -0.15) is 0 Å². The zero-order valence-electron chi connectivity index (χ0n) is 52.8. The van der Waals surface area contributed by atoms with Crippen LogP contribution >= 0.6 is 0 Å². The minimum atomic E-state index is -0.799. The zero-order chi connectivity index (χ0) is 58.5. The first-order chi connectivity index (χ1) is 40.0. The Bertz CT molecular complexity index is 1720. The van der Waals surface area contributed by atoms with Crippen molar-refractivity contribution in [1.29, 1.82) is 0 Å². The van der Waals surface area contributed by atoms with Gasteiger partial charge in [0.05, 0.1) is 0 Å². The smallest absolute Gasteiger partial charge is 0.306 e. The molecule has 0 saturated carbocycles. The van der Waals surface area contributed by atoms with Crippen LogP contribution in [0.5, 0.6) is 0 Å². The monoisotopic (exact) mass is 1120 g/mol.